The lowest BCUT2D eigenvalue weighted by molar-refractivity contribution is 0.102. The minimum Gasteiger partial charge on any atom is -0.462 e. The second-order valence-electron chi connectivity index (χ2n) is 7.10. The number of furan rings is 1. The molecule has 0 saturated carbocycles. The third-order valence-corrected chi connectivity index (χ3v) is 9.01. The van der Waals surface area contributed by atoms with Crippen molar-refractivity contribution in [3.05, 3.63) is 53.2 Å². The zero-order valence-electron chi connectivity index (χ0n) is 16.4. The molecule has 1 atom stereocenters. The van der Waals surface area contributed by atoms with Gasteiger partial charge in [-0.05, 0) is 49.7 Å². The van der Waals surface area contributed by atoms with Crippen LogP contribution in [0.5, 0.6) is 0 Å². The molecule has 12 heteroatoms. The van der Waals surface area contributed by atoms with Gasteiger partial charge in [-0.3, -0.25) is 4.79 Å². The molecule has 3 aromatic rings. The Morgan fingerprint density at radius 2 is 1.97 bits per heavy atom. The van der Waals surface area contributed by atoms with Crippen molar-refractivity contribution in [2.45, 2.75) is 24.3 Å². The third-order valence-electron chi connectivity index (χ3n) is 4.72. The lowest BCUT2D eigenvalue weighted by Gasteiger charge is -2.12. The molecule has 1 saturated heterocycles. The van der Waals surface area contributed by atoms with Crippen LogP contribution in [0.1, 0.15) is 21.8 Å². The van der Waals surface area contributed by atoms with E-state index in [2.05, 4.69) is 15.0 Å². The summed E-state index contributed by atoms with van der Waals surface area (Å²) in [5.74, 6) is -0.0726. The summed E-state index contributed by atoms with van der Waals surface area (Å²) in [7, 11) is -7.07. The van der Waals surface area contributed by atoms with Crippen molar-refractivity contribution in [2.75, 3.05) is 16.8 Å². The molecular weight excluding hydrogens is 462 g/mol. The fourth-order valence-electron chi connectivity index (χ4n) is 3.20. The molecular formula is C19H19N3O6S3. The van der Waals surface area contributed by atoms with Gasteiger partial charge in [-0.2, -0.15) is 0 Å². The highest BCUT2D eigenvalue weighted by molar-refractivity contribution is 7.92. The number of benzene rings is 1. The van der Waals surface area contributed by atoms with Crippen LogP contribution in [0, 0.1) is 6.92 Å². The summed E-state index contributed by atoms with van der Waals surface area (Å²) in [5, 5.41) is 3.29. The molecule has 4 rings (SSSR count). The van der Waals surface area contributed by atoms with Crippen LogP contribution < -0.4 is 10.0 Å². The number of rotatable bonds is 6. The molecule has 1 unspecified atom stereocenters. The Morgan fingerprint density at radius 3 is 2.58 bits per heavy atom. The maximum Gasteiger partial charge on any atom is 0.275 e. The van der Waals surface area contributed by atoms with E-state index in [1.807, 2.05) is 0 Å². The Morgan fingerprint density at radius 1 is 1.23 bits per heavy atom. The Kier molecular flexibility index (Phi) is 5.73. The number of hydrogen-bond donors (Lipinski definition) is 2. The summed E-state index contributed by atoms with van der Waals surface area (Å²) in [4.78, 5) is 17.6. The van der Waals surface area contributed by atoms with Crippen LogP contribution in [0.25, 0.3) is 10.8 Å². The minimum absolute atomic E-state index is 0.0141. The number of carbonyl (C=O) groups is 1. The van der Waals surface area contributed by atoms with Gasteiger partial charge in [0.25, 0.3) is 5.91 Å². The van der Waals surface area contributed by atoms with Crippen LogP contribution >= 0.6 is 11.3 Å². The minimum atomic E-state index is -3.87. The number of sulfone groups is 1. The zero-order valence-corrected chi connectivity index (χ0v) is 18.8. The summed E-state index contributed by atoms with van der Waals surface area (Å²) in [6, 6.07) is 8.49. The van der Waals surface area contributed by atoms with E-state index in [-0.39, 0.29) is 28.5 Å². The van der Waals surface area contributed by atoms with E-state index < -0.39 is 31.8 Å². The number of thiazole rings is 1. The van der Waals surface area contributed by atoms with Crippen LogP contribution in [0.4, 0.5) is 5.69 Å². The van der Waals surface area contributed by atoms with Gasteiger partial charge in [0.05, 0.1) is 22.7 Å². The number of nitrogens with zero attached hydrogens (tertiary/aromatic N) is 1. The molecule has 2 aromatic heterocycles. The number of hydrogen-bond acceptors (Lipinski definition) is 8. The fraction of sp³-hybridized carbons (Fsp3) is 0.263. The molecule has 1 aliphatic rings. The van der Waals surface area contributed by atoms with Crippen LogP contribution in [0.3, 0.4) is 0 Å². The Bertz CT molecular complexity index is 1310. The average Bonchev–Trinajstić information content (AvgIpc) is 3.42. The maximum absolute atomic E-state index is 12.6. The van der Waals surface area contributed by atoms with Crippen molar-refractivity contribution in [3.63, 3.8) is 0 Å². The monoisotopic (exact) mass is 481 g/mol. The molecule has 0 aliphatic carbocycles. The first-order valence-corrected chi connectivity index (χ1v) is 13.4. The molecule has 0 spiro atoms. The molecule has 31 heavy (non-hydrogen) atoms. The largest absolute Gasteiger partial charge is 0.462 e. The van der Waals surface area contributed by atoms with Crippen LogP contribution in [0.15, 0.2) is 52.0 Å². The maximum atomic E-state index is 12.6. The quantitative estimate of drug-likeness (QED) is 0.552. The number of aromatic nitrogens is 1. The number of aryl methyl sites for hydroxylation is 1. The lowest BCUT2D eigenvalue weighted by atomic mass is 10.3. The van der Waals surface area contributed by atoms with Gasteiger partial charge >= 0.3 is 0 Å². The molecule has 1 aliphatic heterocycles. The highest BCUT2D eigenvalue weighted by Crippen LogP contribution is 2.28. The molecule has 2 N–H and O–H groups in total. The number of carbonyl (C=O) groups excluding carboxylic acids is 1. The van der Waals surface area contributed by atoms with Crippen molar-refractivity contribution in [2.24, 2.45) is 0 Å². The number of amides is 1. The normalized spacial score (nSPS) is 18.2. The van der Waals surface area contributed by atoms with Gasteiger partial charge in [-0.15, -0.1) is 11.3 Å². The fourth-order valence-corrected chi connectivity index (χ4v) is 7.12. The Labute approximate surface area is 183 Å². The van der Waals surface area contributed by atoms with E-state index in [0.717, 1.165) is 4.88 Å². The van der Waals surface area contributed by atoms with Gasteiger partial charge in [-0.1, -0.05) is 0 Å². The van der Waals surface area contributed by atoms with E-state index in [4.69, 9.17) is 4.42 Å². The topological polar surface area (TPSA) is 135 Å². The first-order valence-electron chi connectivity index (χ1n) is 9.28. The molecule has 0 radical (unpaired) electrons. The third kappa shape index (κ3) is 4.87. The second-order valence-corrected chi connectivity index (χ2v) is 12.2. The summed E-state index contributed by atoms with van der Waals surface area (Å²) < 4.78 is 55.8. The lowest BCUT2D eigenvalue weighted by Crippen LogP contribution is -2.35. The molecule has 1 fully saturated rings. The van der Waals surface area contributed by atoms with Crippen LogP contribution in [0.2, 0.25) is 0 Å². The number of sulfonamides is 1. The Hall–Kier alpha value is -2.54. The molecule has 1 amide bonds. The summed E-state index contributed by atoms with van der Waals surface area (Å²) >= 11 is 1.34. The summed E-state index contributed by atoms with van der Waals surface area (Å²) in [6.07, 6.45) is 1.78. The summed E-state index contributed by atoms with van der Waals surface area (Å²) in [6.45, 7) is 1.78. The van der Waals surface area contributed by atoms with Gasteiger partial charge < -0.3 is 9.73 Å². The molecule has 9 nitrogen and oxygen atoms in total. The zero-order chi connectivity index (χ0) is 22.2. The highest BCUT2D eigenvalue weighted by Gasteiger charge is 2.31. The smallest absolute Gasteiger partial charge is 0.275 e. The summed E-state index contributed by atoms with van der Waals surface area (Å²) in [5.41, 5.74) is 0.663. The second kappa shape index (κ2) is 8.19. The van der Waals surface area contributed by atoms with E-state index in [1.54, 1.807) is 19.1 Å². The molecule has 3 heterocycles. The SMILES string of the molecule is Cc1sc(-c2ccco2)nc1C(=O)Nc1ccc(S(=O)(=O)NC2CCS(=O)(=O)C2)cc1. The van der Waals surface area contributed by atoms with E-state index in [0.29, 0.717) is 16.5 Å². The average molecular weight is 482 g/mol. The van der Waals surface area contributed by atoms with Crippen molar-refractivity contribution in [1.29, 1.82) is 0 Å². The first-order chi connectivity index (χ1) is 14.6. The van der Waals surface area contributed by atoms with E-state index >= 15 is 0 Å². The standard InChI is InChI=1S/C19H19N3O6S3/c1-12-17(21-19(29-12)16-3-2-9-28-16)18(23)20-13-4-6-15(7-5-13)31(26,27)22-14-8-10-30(24,25)11-14/h2-7,9,14,22H,8,10-11H2,1H3,(H,20,23). The highest BCUT2D eigenvalue weighted by atomic mass is 32.2. The number of anilines is 1. The van der Waals surface area contributed by atoms with Gasteiger partial charge in [0, 0.05) is 16.6 Å². The van der Waals surface area contributed by atoms with Gasteiger partial charge in [0.2, 0.25) is 10.0 Å². The first kappa shape index (κ1) is 21.7. The van der Waals surface area contributed by atoms with Crippen molar-refractivity contribution >= 4 is 42.8 Å². The van der Waals surface area contributed by atoms with Crippen LogP contribution in [-0.2, 0) is 19.9 Å². The van der Waals surface area contributed by atoms with Crippen molar-refractivity contribution in [3.8, 4) is 10.8 Å². The van der Waals surface area contributed by atoms with Gasteiger partial charge in [0.15, 0.2) is 20.6 Å². The van der Waals surface area contributed by atoms with Crippen LogP contribution in [-0.4, -0.2) is 45.3 Å². The van der Waals surface area contributed by atoms with Crippen molar-refractivity contribution in [1.82, 2.24) is 9.71 Å². The van der Waals surface area contributed by atoms with E-state index in [9.17, 15) is 21.6 Å². The predicted octanol–water partition coefficient (Wildman–Crippen LogP) is 2.43. The molecule has 1 aromatic carbocycles. The molecule has 164 valence electrons. The van der Waals surface area contributed by atoms with Crippen molar-refractivity contribution < 1.29 is 26.0 Å². The van der Waals surface area contributed by atoms with Gasteiger partial charge in [0.1, 0.15) is 5.69 Å². The molecule has 0 bridgehead atoms. The number of nitrogens with one attached hydrogen (secondary N) is 2. The Balaban J connectivity index is 1.44. The predicted molar refractivity (Wildman–Crippen MR) is 116 cm³/mol. The van der Waals surface area contributed by atoms with E-state index in [1.165, 1.54) is 41.9 Å². The van der Waals surface area contributed by atoms with Gasteiger partial charge in [-0.25, -0.2) is 26.5 Å².